The van der Waals surface area contributed by atoms with Crippen LogP contribution in [0.4, 0.5) is 0 Å². The van der Waals surface area contributed by atoms with Crippen LogP contribution in [0.3, 0.4) is 0 Å². The predicted molar refractivity (Wildman–Crippen MR) is 163 cm³/mol. The Morgan fingerprint density at radius 1 is 0.641 bits per heavy atom. The molecule has 0 aliphatic rings. The average Bonchev–Trinajstić information content (AvgIpc) is 3.46. The Kier molecular flexibility index (Phi) is 16.5. The van der Waals surface area contributed by atoms with Crippen LogP contribution in [0.25, 0.3) is 21.5 Å². The Labute approximate surface area is 265 Å². The van der Waals surface area contributed by atoms with E-state index in [0.717, 1.165) is 0 Å². The first kappa shape index (κ1) is 35.6. The number of hydrogen-bond donors (Lipinski definition) is 0. The molecule has 0 fully saturated rings. The van der Waals surface area contributed by atoms with E-state index in [2.05, 4.69) is 120 Å². The SMILES string of the molecule is CCCc1c(C)ccc2[cH-]c(C)cc12.CCCc1c(C)ccc2[cH-]c(C)cc12.[Cl-].[Cl-].[Zr+2]=[SiH]Cc1ccccc1. The van der Waals surface area contributed by atoms with Gasteiger partial charge in [-0.3, -0.25) is 0 Å². The molecule has 0 spiro atoms. The van der Waals surface area contributed by atoms with Crippen LogP contribution < -0.4 is 24.8 Å². The first-order chi connectivity index (χ1) is 17.9. The van der Waals surface area contributed by atoms with Crippen LogP contribution in [0, 0.1) is 27.7 Å². The fourth-order valence-corrected chi connectivity index (χ4v) is 7.35. The minimum atomic E-state index is 0. The van der Waals surface area contributed by atoms with Crippen molar-refractivity contribution in [2.24, 2.45) is 0 Å². The van der Waals surface area contributed by atoms with Gasteiger partial charge in [0.1, 0.15) is 0 Å². The maximum atomic E-state index is 2.31. The second-order valence-corrected chi connectivity index (χ2v) is 14.0. The summed E-state index contributed by atoms with van der Waals surface area (Å²) in [5.41, 5.74) is 10.2. The molecule has 5 aromatic carbocycles. The molecule has 206 valence electrons. The van der Waals surface area contributed by atoms with E-state index in [1.165, 1.54) is 92.2 Å². The molecule has 5 rings (SSSR count). The second-order valence-electron chi connectivity index (χ2n) is 10.2. The van der Waals surface area contributed by atoms with E-state index in [4.69, 9.17) is 0 Å². The monoisotopic (exact) mass is 650 g/mol. The van der Waals surface area contributed by atoms with Gasteiger partial charge in [0.15, 0.2) is 0 Å². The van der Waals surface area contributed by atoms with Gasteiger partial charge in [0, 0.05) is 0 Å². The van der Waals surface area contributed by atoms with E-state index in [1.54, 1.807) is 23.3 Å². The molecule has 39 heavy (non-hydrogen) atoms. The molecule has 0 heterocycles. The van der Waals surface area contributed by atoms with Crippen LogP contribution >= 0.6 is 0 Å². The quantitative estimate of drug-likeness (QED) is 0.195. The Morgan fingerprint density at radius 2 is 1.08 bits per heavy atom. The Morgan fingerprint density at radius 3 is 1.46 bits per heavy atom. The third kappa shape index (κ3) is 10.2. The second kappa shape index (κ2) is 18.1. The zero-order valence-electron chi connectivity index (χ0n) is 24.4. The molecule has 0 nitrogen and oxygen atoms in total. The van der Waals surface area contributed by atoms with Gasteiger partial charge in [0.2, 0.25) is 0 Å². The normalized spacial score (nSPS) is 10.1. The topological polar surface area (TPSA) is 0 Å². The summed E-state index contributed by atoms with van der Waals surface area (Å²) in [7, 11) is 0. The summed E-state index contributed by atoms with van der Waals surface area (Å²) in [5.74, 6) is 0. The predicted octanol–water partition coefficient (Wildman–Crippen LogP) is 3.35. The molecule has 0 saturated heterocycles. The van der Waals surface area contributed by atoms with Crippen molar-refractivity contribution in [2.75, 3.05) is 0 Å². The molecule has 4 heteroatoms. The number of benzene rings is 3. The molecule has 5 aromatic rings. The van der Waals surface area contributed by atoms with Gasteiger partial charge in [-0.05, 0) is 26.7 Å². The van der Waals surface area contributed by atoms with Crippen LogP contribution in [0.1, 0.15) is 65.6 Å². The fourth-order valence-electron chi connectivity index (χ4n) is 5.10. The average molecular weight is 653 g/mol. The van der Waals surface area contributed by atoms with Crippen molar-refractivity contribution < 1.29 is 48.1 Å². The van der Waals surface area contributed by atoms with Gasteiger partial charge in [-0.25, -0.2) is 0 Å². The summed E-state index contributed by atoms with van der Waals surface area (Å²) < 4.78 is 0. The Balaban J connectivity index is 0.000000292. The number of rotatable bonds is 6. The molecule has 0 aliphatic heterocycles. The van der Waals surface area contributed by atoms with Crippen molar-refractivity contribution in [1.29, 1.82) is 0 Å². The summed E-state index contributed by atoms with van der Waals surface area (Å²) in [6.07, 6.45) is 5.57. The maximum absolute atomic E-state index is 2.31. The molecule has 0 saturated carbocycles. The zero-order valence-corrected chi connectivity index (χ0v) is 29.5. The van der Waals surface area contributed by atoms with Crippen molar-refractivity contribution in [3.63, 3.8) is 0 Å². The molecule has 0 unspecified atom stereocenters. The molecule has 0 aromatic heterocycles. The molecule has 0 N–H and O–H groups in total. The van der Waals surface area contributed by atoms with Crippen molar-refractivity contribution >= 4 is 27.7 Å². The molecular formula is C35H42Cl2SiZr-2. The fraction of sp³-hybridized carbons (Fsp3) is 0.314. The van der Waals surface area contributed by atoms with Crippen molar-refractivity contribution in [3.05, 3.63) is 118 Å². The van der Waals surface area contributed by atoms with Gasteiger partial charge in [0.25, 0.3) is 0 Å². The summed E-state index contributed by atoms with van der Waals surface area (Å²) in [6.45, 7) is 13.3. The van der Waals surface area contributed by atoms with Gasteiger partial charge in [-0.2, -0.15) is 12.1 Å². The molecular weight excluding hydrogens is 611 g/mol. The minimum absolute atomic E-state index is 0. The van der Waals surface area contributed by atoms with Crippen LogP contribution in [-0.2, 0) is 42.2 Å². The van der Waals surface area contributed by atoms with Gasteiger partial charge in [-0.1, -0.05) is 62.8 Å². The number of halogens is 2. The van der Waals surface area contributed by atoms with Gasteiger partial charge in [-0.15, -0.1) is 69.1 Å². The van der Waals surface area contributed by atoms with Gasteiger partial charge in [0.05, 0.1) is 0 Å². The van der Waals surface area contributed by atoms with Crippen molar-refractivity contribution in [2.45, 2.75) is 73.3 Å². The molecule has 0 aliphatic carbocycles. The van der Waals surface area contributed by atoms with Crippen molar-refractivity contribution in [3.8, 4) is 0 Å². The van der Waals surface area contributed by atoms with Crippen LogP contribution in [-0.4, -0.2) is 6.16 Å². The Bertz CT molecular complexity index is 1340. The first-order valence-electron chi connectivity index (χ1n) is 13.7. The standard InChI is InChI=1S/2C14H17.C7H8Si.2ClH.Zr/c2*1-4-5-13-11(3)6-7-12-8-10(2)9-14(12)13;8-6-7-4-2-1-3-5-7;;;/h2*6-9H,4-5H2,1-3H3;1-5,8H,6H2;2*1H;/q2*-1;;;;+2/p-2. The van der Waals surface area contributed by atoms with Crippen LogP contribution in [0.5, 0.6) is 0 Å². The first-order valence-corrected chi connectivity index (χ1v) is 19.4. The summed E-state index contributed by atoms with van der Waals surface area (Å²) in [6, 6.07) is 30.2. The molecule has 0 bridgehead atoms. The number of hydrogen-bond acceptors (Lipinski definition) is 0. The number of aryl methyl sites for hydroxylation is 6. The van der Waals surface area contributed by atoms with E-state index in [0.29, 0.717) is 6.16 Å². The summed E-state index contributed by atoms with van der Waals surface area (Å²) >= 11 is 1.72. The molecule has 0 radical (unpaired) electrons. The Hall–Kier alpha value is -1.44. The van der Waals surface area contributed by atoms with E-state index >= 15 is 0 Å². The summed E-state index contributed by atoms with van der Waals surface area (Å²) in [5, 5.41) is 5.72. The van der Waals surface area contributed by atoms with E-state index in [-0.39, 0.29) is 24.8 Å². The van der Waals surface area contributed by atoms with Gasteiger partial charge >= 0.3 is 71.4 Å². The third-order valence-electron chi connectivity index (χ3n) is 6.94. The van der Waals surface area contributed by atoms with E-state index in [1.807, 2.05) is 0 Å². The van der Waals surface area contributed by atoms with Crippen LogP contribution in [0.15, 0.2) is 78.9 Å². The number of fused-ring (bicyclic) bond motifs is 2. The molecule has 0 atom stereocenters. The van der Waals surface area contributed by atoms with Crippen LogP contribution in [0.2, 0.25) is 0 Å². The van der Waals surface area contributed by atoms with E-state index < -0.39 is 0 Å². The van der Waals surface area contributed by atoms with Crippen molar-refractivity contribution in [1.82, 2.24) is 0 Å². The van der Waals surface area contributed by atoms with Gasteiger partial charge < -0.3 is 24.8 Å². The van der Waals surface area contributed by atoms with E-state index in [9.17, 15) is 0 Å². The molecule has 0 amide bonds. The summed E-state index contributed by atoms with van der Waals surface area (Å²) in [4.78, 5) is 0. The third-order valence-corrected chi connectivity index (χ3v) is 9.12. The zero-order chi connectivity index (χ0) is 26.8.